The second-order valence-electron chi connectivity index (χ2n) is 9.03. The summed E-state index contributed by atoms with van der Waals surface area (Å²) in [6.45, 7) is 7.60. The van der Waals surface area contributed by atoms with Crippen LogP contribution in [0.15, 0.2) is 59.6 Å². The van der Waals surface area contributed by atoms with E-state index in [0.29, 0.717) is 12.3 Å². The Bertz CT molecular complexity index is 936. The summed E-state index contributed by atoms with van der Waals surface area (Å²) in [5, 5.41) is 7.27. The average molecular weight is 407 g/mol. The number of nitrogens with zero attached hydrogens (tertiary/aromatic N) is 2. The molecule has 0 aromatic heterocycles. The number of benzene rings is 2. The van der Waals surface area contributed by atoms with E-state index < -0.39 is 5.54 Å². The minimum Gasteiger partial charge on any atom is -0.484 e. The molecule has 1 spiro atoms. The summed E-state index contributed by atoms with van der Waals surface area (Å²) in [7, 11) is 0. The maximum absolute atomic E-state index is 12.9. The Morgan fingerprint density at radius 2 is 1.80 bits per heavy atom. The van der Waals surface area contributed by atoms with Crippen molar-refractivity contribution in [3.05, 3.63) is 54.6 Å². The Hall–Kier alpha value is -3.02. The first kappa shape index (κ1) is 20.3. The van der Waals surface area contributed by atoms with Crippen molar-refractivity contribution < 1.29 is 9.53 Å². The summed E-state index contributed by atoms with van der Waals surface area (Å²) in [4.78, 5) is 19.8. The summed E-state index contributed by atoms with van der Waals surface area (Å²) in [5.41, 5.74) is 1.40. The zero-order valence-electron chi connectivity index (χ0n) is 17.9. The van der Waals surface area contributed by atoms with E-state index in [-0.39, 0.29) is 18.1 Å². The average Bonchev–Trinajstić information content (AvgIpc) is 2.72. The number of piperidine rings is 1. The molecule has 6 heteroatoms. The van der Waals surface area contributed by atoms with Gasteiger partial charge in [0.15, 0.2) is 6.61 Å². The van der Waals surface area contributed by atoms with Crippen LogP contribution in [0.2, 0.25) is 0 Å². The fraction of sp³-hybridized carbons (Fsp3) is 0.417. The molecule has 2 heterocycles. The number of amidine groups is 1. The van der Waals surface area contributed by atoms with E-state index in [9.17, 15) is 4.79 Å². The minimum atomic E-state index is -0.428. The van der Waals surface area contributed by atoms with Gasteiger partial charge in [-0.15, -0.1) is 0 Å². The number of nitrogens with one attached hydrogen (secondary N) is 2. The van der Waals surface area contributed by atoms with Crippen LogP contribution in [0.25, 0.3) is 0 Å². The number of likely N-dealkylation sites (tertiary alicyclic amines) is 1. The van der Waals surface area contributed by atoms with Gasteiger partial charge in [-0.1, -0.05) is 30.3 Å². The van der Waals surface area contributed by atoms with Crippen molar-refractivity contribution in [2.24, 2.45) is 4.99 Å². The predicted molar refractivity (Wildman–Crippen MR) is 121 cm³/mol. The molecule has 158 valence electrons. The van der Waals surface area contributed by atoms with Crippen LogP contribution in [0.5, 0.6) is 5.75 Å². The third kappa shape index (κ3) is 4.42. The highest BCUT2D eigenvalue weighted by Crippen LogP contribution is 2.37. The number of para-hydroxylation sites is 3. The van der Waals surface area contributed by atoms with Gasteiger partial charge in [-0.2, -0.15) is 0 Å². The van der Waals surface area contributed by atoms with Gasteiger partial charge in [0.2, 0.25) is 0 Å². The zero-order valence-corrected chi connectivity index (χ0v) is 17.9. The molecule has 1 unspecified atom stereocenters. The first-order valence-corrected chi connectivity index (χ1v) is 10.5. The first-order valence-electron chi connectivity index (χ1n) is 10.5. The van der Waals surface area contributed by atoms with Crippen molar-refractivity contribution in [1.29, 1.82) is 0 Å². The van der Waals surface area contributed by atoms with Gasteiger partial charge in [0.05, 0.1) is 23.5 Å². The Labute approximate surface area is 178 Å². The SMILES string of the molecule is CC(C)(C)N=C1Nc2ccccc2NC12CCCN(C(=O)COc1ccccc1)C2. The van der Waals surface area contributed by atoms with Gasteiger partial charge < -0.3 is 20.3 Å². The van der Waals surface area contributed by atoms with Crippen LogP contribution in [0, 0.1) is 0 Å². The summed E-state index contributed by atoms with van der Waals surface area (Å²) in [6, 6.07) is 17.6. The number of ether oxygens (including phenoxy) is 1. The number of aliphatic imine (C=N–C) groups is 1. The van der Waals surface area contributed by atoms with E-state index in [1.54, 1.807) is 0 Å². The van der Waals surface area contributed by atoms with Gasteiger partial charge in [0, 0.05) is 6.54 Å². The largest absolute Gasteiger partial charge is 0.484 e. The van der Waals surface area contributed by atoms with Gasteiger partial charge in [-0.05, 0) is 57.9 Å². The lowest BCUT2D eigenvalue weighted by Gasteiger charge is -2.47. The Morgan fingerprint density at radius 1 is 1.10 bits per heavy atom. The molecule has 0 bridgehead atoms. The monoisotopic (exact) mass is 406 g/mol. The molecule has 1 fully saturated rings. The van der Waals surface area contributed by atoms with Crippen LogP contribution in [-0.4, -0.2) is 47.4 Å². The maximum atomic E-state index is 12.9. The molecule has 1 amide bonds. The summed E-state index contributed by atoms with van der Waals surface area (Å²) < 4.78 is 5.70. The number of hydrogen-bond acceptors (Lipinski definition) is 4. The molecule has 0 saturated carbocycles. The molecule has 2 N–H and O–H groups in total. The van der Waals surface area contributed by atoms with Crippen molar-refractivity contribution in [2.75, 3.05) is 30.3 Å². The third-order valence-corrected chi connectivity index (χ3v) is 5.41. The van der Waals surface area contributed by atoms with E-state index in [1.807, 2.05) is 53.4 Å². The van der Waals surface area contributed by atoms with Gasteiger partial charge >= 0.3 is 0 Å². The molecule has 2 aliphatic rings. The molecular formula is C24H30N4O2. The number of fused-ring (bicyclic) bond motifs is 1. The number of anilines is 2. The quantitative estimate of drug-likeness (QED) is 0.803. The fourth-order valence-corrected chi connectivity index (χ4v) is 4.05. The Balaban J connectivity index is 1.56. The predicted octanol–water partition coefficient (Wildman–Crippen LogP) is 4.16. The molecule has 4 rings (SSSR count). The number of carbonyl (C=O) groups excluding carboxylic acids is 1. The standard InChI is InChI=1S/C24H30N4O2/c1-23(2,3)27-22-24(26-20-13-8-7-12-19(20)25-22)14-9-15-28(17-24)21(29)16-30-18-10-5-4-6-11-18/h4-8,10-13,26H,9,14-17H2,1-3H3,(H,25,27). The van der Waals surface area contributed by atoms with E-state index in [1.165, 1.54) is 0 Å². The smallest absolute Gasteiger partial charge is 0.260 e. The molecular weight excluding hydrogens is 376 g/mol. The highest BCUT2D eigenvalue weighted by atomic mass is 16.5. The highest BCUT2D eigenvalue weighted by Gasteiger charge is 2.45. The molecule has 0 aliphatic carbocycles. The maximum Gasteiger partial charge on any atom is 0.260 e. The van der Waals surface area contributed by atoms with Gasteiger partial charge in [0.25, 0.3) is 5.91 Å². The molecule has 30 heavy (non-hydrogen) atoms. The summed E-state index contributed by atoms with van der Waals surface area (Å²) >= 11 is 0. The molecule has 2 aromatic rings. The first-order chi connectivity index (χ1) is 14.3. The normalized spacial score (nSPS) is 22.2. The van der Waals surface area contributed by atoms with Crippen LogP contribution in [0.3, 0.4) is 0 Å². The Kier molecular flexibility index (Phi) is 5.41. The third-order valence-electron chi connectivity index (χ3n) is 5.41. The van der Waals surface area contributed by atoms with Crippen molar-refractivity contribution in [2.45, 2.75) is 44.7 Å². The van der Waals surface area contributed by atoms with Crippen molar-refractivity contribution >= 4 is 23.1 Å². The molecule has 0 radical (unpaired) electrons. The number of hydrogen-bond donors (Lipinski definition) is 2. The fourth-order valence-electron chi connectivity index (χ4n) is 4.05. The van der Waals surface area contributed by atoms with E-state index in [2.05, 4.69) is 37.5 Å². The van der Waals surface area contributed by atoms with Crippen LogP contribution in [0.1, 0.15) is 33.6 Å². The number of amides is 1. The molecule has 1 saturated heterocycles. The van der Waals surface area contributed by atoms with E-state index in [0.717, 1.165) is 36.6 Å². The molecule has 6 nitrogen and oxygen atoms in total. The van der Waals surface area contributed by atoms with Crippen LogP contribution >= 0.6 is 0 Å². The van der Waals surface area contributed by atoms with E-state index in [4.69, 9.17) is 9.73 Å². The molecule has 1 atom stereocenters. The minimum absolute atomic E-state index is 0.00584. The van der Waals surface area contributed by atoms with Crippen molar-refractivity contribution in [1.82, 2.24) is 4.90 Å². The lowest BCUT2D eigenvalue weighted by Crippen LogP contribution is -2.63. The van der Waals surface area contributed by atoms with Gasteiger partial charge in [0.1, 0.15) is 17.1 Å². The lowest BCUT2D eigenvalue weighted by atomic mass is 9.84. The lowest BCUT2D eigenvalue weighted by molar-refractivity contribution is -0.134. The summed E-state index contributed by atoms with van der Waals surface area (Å²) in [5.74, 6) is 1.60. The van der Waals surface area contributed by atoms with Crippen LogP contribution < -0.4 is 15.4 Å². The molecule has 2 aliphatic heterocycles. The van der Waals surface area contributed by atoms with Gasteiger partial charge in [-0.3, -0.25) is 9.79 Å². The Morgan fingerprint density at radius 3 is 2.53 bits per heavy atom. The topological polar surface area (TPSA) is 66.0 Å². The van der Waals surface area contributed by atoms with Crippen molar-refractivity contribution in [3.63, 3.8) is 0 Å². The highest BCUT2D eigenvalue weighted by molar-refractivity contribution is 6.10. The second kappa shape index (κ2) is 8.01. The number of rotatable bonds is 3. The molecule has 2 aromatic carbocycles. The van der Waals surface area contributed by atoms with Crippen LogP contribution in [0.4, 0.5) is 11.4 Å². The van der Waals surface area contributed by atoms with Crippen molar-refractivity contribution in [3.8, 4) is 5.75 Å². The zero-order chi connectivity index (χ0) is 21.2. The summed E-state index contributed by atoms with van der Waals surface area (Å²) in [6.07, 6.45) is 1.81. The number of carbonyl (C=O) groups is 1. The van der Waals surface area contributed by atoms with Crippen LogP contribution in [-0.2, 0) is 4.79 Å². The second-order valence-corrected chi connectivity index (χ2v) is 9.03. The van der Waals surface area contributed by atoms with E-state index >= 15 is 0 Å². The van der Waals surface area contributed by atoms with Gasteiger partial charge in [-0.25, -0.2) is 0 Å².